The van der Waals surface area contributed by atoms with Gasteiger partial charge in [0.25, 0.3) is 0 Å². The third-order valence-corrected chi connectivity index (χ3v) is 8.45. The van der Waals surface area contributed by atoms with Crippen molar-refractivity contribution < 1.29 is 4.42 Å². The molecule has 0 aliphatic heterocycles. The lowest BCUT2D eigenvalue weighted by Gasteiger charge is -2.11. The quantitative estimate of drug-likeness (QED) is 0.222. The van der Waals surface area contributed by atoms with E-state index in [1.165, 1.54) is 0 Å². The molecule has 9 rings (SSSR count). The summed E-state index contributed by atoms with van der Waals surface area (Å²) in [7, 11) is 0. The van der Waals surface area contributed by atoms with E-state index in [1.807, 2.05) is 54.0 Å². The molecule has 0 unspecified atom stereocenters. The van der Waals surface area contributed by atoms with Crippen molar-refractivity contribution in [1.29, 1.82) is 0 Å². The highest BCUT2D eigenvalue weighted by molar-refractivity contribution is 7.16. The molecule has 0 spiro atoms. The van der Waals surface area contributed by atoms with Gasteiger partial charge in [0, 0.05) is 27.1 Å². The number of aromatic nitrogens is 5. The highest BCUT2D eigenvalue weighted by Gasteiger charge is 2.20. The van der Waals surface area contributed by atoms with Crippen molar-refractivity contribution in [2.45, 2.75) is 0 Å². The summed E-state index contributed by atoms with van der Waals surface area (Å²) in [6.07, 6.45) is 0. The summed E-state index contributed by atoms with van der Waals surface area (Å²) in [5.74, 6) is 1.68. The number of fused-ring (bicyclic) bond motifs is 7. The van der Waals surface area contributed by atoms with Crippen LogP contribution < -0.4 is 0 Å². The minimum atomic E-state index is 0.550. The molecule has 0 N–H and O–H groups in total. The molecule has 5 aromatic carbocycles. The molecule has 4 heterocycles. The van der Waals surface area contributed by atoms with Gasteiger partial charge < -0.3 is 4.42 Å². The van der Waals surface area contributed by atoms with Crippen LogP contribution in [0.5, 0.6) is 0 Å². The first-order chi connectivity index (χ1) is 20.3. The molecule has 41 heavy (non-hydrogen) atoms. The minimum Gasteiger partial charge on any atom is -0.455 e. The fourth-order valence-corrected chi connectivity index (χ4v) is 6.43. The lowest BCUT2D eigenvalue weighted by atomic mass is 10.1. The van der Waals surface area contributed by atoms with Gasteiger partial charge in [-0.25, -0.2) is 9.97 Å². The van der Waals surface area contributed by atoms with Crippen LogP contribution in [0.2, 0.25) is 0 Å². The molecule has 9 aromatic rings. The third-order valence-electron chi connectivity index (χ3n) is 7.64. The van der Waals surface area contributed by atoms with E-state index in [4.69, 9.17) is 19.4 Å². The summed E-state index contributed by atoms with van der Waals surface area (Å²) in [4.78, 5) is 19.8. The van der Waals surface area contributed by atoms with Gasteiger partial charge in [0.15, 0.2) is 11.6 Å². The first kappa shape index (κ1) is 22.4. The second-order valence-corrected chi connectivity index (χ2v) is 10.9. The monoisotopic (exact) mass is 545 g/mol. The van der Waals surface area contributed by atoms with Gasteiger partial charge in [-0.3, -0.25) is 4.57 Å². The van der Waals surface area contributed by atoms with Gasteiger partial charge in [-0.05, 0) is 42.5 Å². The fourth-order valence-electron chi connectivity index (χ4n) is 5.77. The molecule has 0 aliphatic rings. The van der Waals surface area contributed by atoms with Gasteiger partial charge in [0.2, 0.25) is 5.95 Å². The molecule has 0 saturated heterocycles. The first-order valence-corrected chi connectivity index (χ1v) is 14.2. The van der Waals surface area contributed by atoms with Crippen molar-refractivity contribution in [1.82, 2.24) is 24.5 Å². The Bertz CT molecular complexity index is 2400. The lowest BCUT2D eigenvalue weighted by molar-refractivity contribution is 0.669. The van der Waals surface area contributed by atoms with E-state index in [0.717, 1.165) is 65.1 Å². The van der Waals surface area contributed by atoms with E-state index in [0.29, 0.717) is 17.6 Å². The molecule has 0 fully saturated rings. The molecule has 4 aromatic heterocycles. The maximum Gasteiger partial charge on any atom is 0.238 e. The summed E-state index contributed by atoms with van der Waals surface area (Å²) in [6, 6.07) is 37.1. The standard InChI is InChI=1S/C34H19N5OS/c1-4-13-27-21(8-1)22-9-2-5-14-28(22)39(27)34-37-32(20-16-17-30-26(18-20)35-19-41-30)36-33(38-34)25-12-7-11-24-23-10-3-6-15-29(23)40-31(24)25/h1-19H. The molecule has 0 aliphatic carbocycles. The van der Waals surface area contributed by atoms with Crippen molar-refractivity contribution in [3.05, 3.63) is 115 Å². The molecule has 0 radical (unpaired) electrons. The highest BCUT2D eigenvalue weighted by atomic mass is 32.1. The number of thiazole rings is 1. The number of para-hydroxylation sites is 4. The van der Waals surface area contributed by atoms with E-state index in [1.54, 1.807) is 11.3 Å². The molecule has 0 amide bonds. The van der Waals surface area contributed by atoms with Gasteiger partial charge in [0.05, 0.1) is 32.3 Å². The van der Waals surface area contributed by atoms with Crippen molar-refractivity contribution in [2.24, 2.45) is 0 Å². The Kier molecular flexibility index (Phi) is 4.67. The van der Waals surface area contributed by atoms with Crippen LogP contribution >= 0.6 is 11.3 Å². The molecule has 7 heteroatoms. The summed E-state index contributed by atoms with van der Waals surface area (Å²) in [5, 5.41) is 4.39. The normalized spacial score (nSPS) is 11.9. The van der Waals surface area contributed by atoms with Crippen molar-refractivity contribution >= 4 is 65.3 Å². The number of nitrogens with zero attached hydrogens (tertiary/aromatic N) is 5. The Morgan fingerprint density at radius 2 is 1.32 bits per heavy atom. The molecule has 0 bridgehead atoms. The zero-order valence-electron chi connectivity index (χ0n) is 21.5. The number of rotatable bonds is 3. The summed E-state index contributed by atoms with van der Waals surface area (Å²) >= 11 is 1.62. The molecule has 6 nitrogen and oxygen atoms in total. The summed E-state index contributed by atoms with van der Waals surface area (Å²) < 4.78 is 9.63. The summed E-state index contributed by atoms with van der Waals surface area (Å²) in [5.41, 5.74) is 8.15. The van der Waals surface area contributed by atoms with Crippen molar-refractivity contribution in [3.63, 3.8) is 0 Å². The third kappa shape index (κ3) is 3.36. The Hall–Kier alpha value is -5.40. The zero-order valence-corrected chi connectivity index (χ0v) is 22.3. The molecular weight excluding hydrogens is 526 g/mol. The Balaban J connectivity index is 1.38. The smallest absolute Gasteiger partial charge is 0.238 e. The van der Waals surface area contributed by atoms with E-state index < -0.39 is 0 Å². The Labute approximate surface area is 237 Å². The highest BCUT2D eigenvalue weighted by Crippen LogP contribution is 2.37. The fraction of sp³-hybridized carbons (Fsp3) is 0. The van der Waals surface area contributed by atoms with E-state index >= 15 is 0 Å². The summed E-state index contributed by atoms with van der Waals surface area (Å²) in [6.45, 7) is 0. The molecular formula is C34H19N5OS. The predicted molar refractivity (Wildman–Crippen MR) is 165 cm³/mol. The number of hydrogen-bond acceptors (Lipinski definition) is 6. The second-order valence-electron chi connectivity index (χ2n) is 9.97. The largest absolute Gasteiger partial charge is 0.455 e. The van der Waals surface area contributed by atoms with Gasteiger partial charge in [-0.2, -0.15) is 9.97 Å². The Morgan fingerprint density at radius 1 is 0.610 bits per heavy atom. The second kappa shape index (κ2) is 8.55. The van der Waals surface area contributed by atoms with Crippen LogP contribution in [0.1, 0.15) is 0 Å². The zero-order chi connectivity index (χ0) is 26.9. The van der Waals surface area contributed by atoms with Gasteiger partial charge >= 0.3 is 0 Å². The maximum absolute atomic E-state index is 6.39. The van der Waals surface area contributed by atoms with Gasteiger partial charge in [-0.1, -0.05) is 66.7 Å². The maximum atomic E-state index is 6.39. The van der Waals surface area contributed by atoms with E-state index in [2.05, 4.69) is 70.2 Å². The van der Waals surface area contributed by atoms with Crippen LogP contribution in [0.15, 0.2) is 119 Å². The van der Waals surface area contributed by atoms with Crippen LogP contribution in [0, 0.1) is 0 Å². The van der Waals surface area contributed by atoms with E-state index in [-0.39, 0.29) is 0 Å². The minimum absolute atomic E-state index is 0.550. The molecule has 0 atom stereocenters. The Morgan fingerprint density at radius 3 is 2.15 bits per heavy atom. The number of benzene rings is 5. The van der Waals surface area contributed by atoms with Crippen molar-refractivity contribution in [2.75, 3.05) is 0 Å². The predicted octanol–water partition coefficient (Wildman–Crippen LogP) is 8.81. The first-order valence-electron chi connectivity index (χ1n) is 13.3. The van der Waals surface area contributed by atoms with Crippen LogP contribution in [0.3, 0.4) is 0 Å². The topological polar surface area (TPSA) is 69.6 Å². The average Bonchev–Trinajstić information content (AvgIpc) is 3.74. The number of furan rings is 1. The van der Waals surface area contributed by atoms with Crippen LogP contribution in [0.4, 0.5) is 0 Å². The van der Waals surface area contributed by atoms with Crippen molar-refractivity contribution in [3.8, 4) is 28.7 Å². The van der Waals surface area contributed by atoms with Crippen LogP contribution in [-0.2, 0) is 0 Å². The molecule has 192 valence electrons. The van der Waals surface area contributed by atoms with E-state index in [9.17, 15) is 0 Å². The SMILES string of the molecule is c1ccc2c(c1)oc1c(-c3nc(-c4ccc5scnc5c4)nc(-n4c5ccccc5c5ccccc54)n3)cccc12. The van der Waals surface area contributed by atoms with Gasteiger partial charge in [-0.15, -0.1) is 11.3 Å². The lowest BCUT2D eigenvalue weighted by Crippen LogP contribution is -2.06. The molecule has 0 saturated carbocycles. The number of hydrogen-bond donors (Lipinski definition) is 0. The van der Waals surface area contributed by atoms with Crippen LogP contribution in [0.25, 0.3) is 82.7 Å². The van der Waals surface area contributed by atoms with Crippen LogP contribution in [-0.4, -0.2) is 24.5 Å². The average molecular weight is 546 g/mol. The van der Waals surface area contributed by atoms with Gasteiger partial charge in [0.1, 0.15) is 11.2 Å².